The summed E-state index contributed by atoms with van der Waals surface area (Å²) in [7, 11) is 0. The smallest absolute Gasteiger partial charge is 0.331 e. The van der Waals surface area contributed by atoms with E-state index >= 15 is 0 Å². The number of amides is 1. The van der Waals surface area contributed by atoms with Crippen molar-refractivity contribution in [1.29, 1.82) is 0 Å². The first-order valence-corrected chi connectivity index (χ1v) is 9.11. The van der Waals surface area contributed by atoms with Crippen LogP contribution in [0.3, 0.4) is 0 Å². The Hall–Kier alpha value is -4.06. The highest BCUT2D eigenvalue weighted by Crippen LogP contribution is 2.12. The molecular weight excluding hydrogens is 385 g/mol. The monoisotopic (exact) mass is 403 g/mol. The van der Waals surface area contributed by atoms with Gasteiger partial charge >= 0.3 is 5.97 Å². The maximum absolute atomic E-state index is 12.8. The van der Waals surface area contributed by atoms with Gasteiger partial charge in [0.2, 0.25) is 0 Å². The summed E-state index contributed by atoms with van der Waals surface area (Å²) >= 11 is 0. The minimum atomic E-state index is -0.681. The molecule has 0 atom stereocenters. The van der Waals surface area contributed by atoms with Crippen LogP contribution in [0.25, 0.3) is 6.08 Å². The molecule has 0 aliphatic carbocycles. The van der Waals surface area contributed by atoms with Gasteiger partial charge in [-0.05, 0) is 60.2 Å². The normalized spacial score (nSPS) is 10.6. The van der Waals surface area contributed by atoms with Gasteiger partial charge in [-0.2, -0.15) is 0 Å². The molecule has 3 aromatic carbocycles. The van der Waals surface area contributed by atoms with Crippen LogP contribution in [-0.4, -0.2) is 24.3 Å². The van der Waals surface area contributed by atoms with E-state index in [0.717, 1.165) is 0 Å². The molecule has 0 fully saturated rings. The van der Waals surface area contributed by atoms with Crippen molar-refractivity contribution in [3.63, 3.8) is 0 Å². The molecule has 0 saturated heterocycles. The molecule has 0 saturated carbocycles. The van der Waals surface area contributed by atoms with Crippen LogP contribution >= 0.6 is 0 Å². The van der Waals surface area contributed by atoms with E-state index in [1.54, 1.807) is 48.5 Å². The lowest BCUT2D eigenvalue weighted by Gasteiger charge is -2.06. The number of hydrogen-bond acceptors (Lipinski definition) is 4. The Kier molecular flexibility index (Phi) is 6.84. The molecule has 5 nitrogen and oxygen atoms in total. The fourth-order valence-electron chi connectivity index (χ4n) is 2.54. The predicted molar refractivity (Wildman–Crippen MR) is 112 cm³/mol. The minimum absolute atomic E-state index is 0.253. The summed E-state index contributed by atoms with van der Waals surface area (Å²) in [6.45, 7) is -0.414. The number of anilines is 1. The highest BCUT2D eigenvalue weighted by molar-refractivity contribution is 6.04. The zero-order chi connectivity index (χ0) is 21.3. The maximum Gasteiger partial charge on any atom is 0.331 e. The average Bonchev–Trinajstić information content (AvgIpc) is 2.78. The van der Waals surface area contributed by atoms with Gasteiger partial charge in [0.1, 0.15) is 5.82 Å². The molecule has 0 aliphatic rings. The number of rotatable bonds is 7. The van der Waals surface area contributed by atoms with Gasteiger partial charge in [0.25, 0.3) is 5.91 Å². The van der Waals surface area contributed by atoms with Crippen LogP contribution in [0.15, 0.2) is 84.9 Å². The SMILES string of the molecule is O=C(/C=C/c1ccc(F)cc1)OCC(=O)c1ccc(NC(=O)c2ccccc2)cc1. The second-order valence-corrected chi connectivity index (χ2v) is 6.31. The standard InChI is InChI=1S/C24H18FNO4/c25-20-11-6-17(7-12-20)8-15-23(28)30-16-22(27)18-9-13-21(14-10-18)26-24(29)19-4-2-1-3-5-19/h1-15H,16H2,(H,26,29)/b15-8+. The number of halogens is 1. The average molecular weight is 403 g/mol. The second-order valence-electron chi connectivity index (χ2n) is 6.31. The number of carbonyl (C=O) groups excluding carboxylic acids is 3. The molecule has 3 rings (SSSR count). The molecular formula is C24H18FNO4. The Labute approximate surface area is 172 Å². The number of Topliss-reactive ketones (excluding diaryl/α,β-unsaturated/α-hetero) is 1. The van der Waals surface area contributed by atoms with Crippen LogP contribution < -0.4 is 5.32 Å². The zero-order valence-corrected chi connectivity index (χ0v) is 15.9. The van der Waals surface area contributed by atoms with Crippen LogP contribution in [0.5, 0.6) is 0 Å². The van der Waals surface area contributed by atoms with E-state index < -0.39 is 12.6 Å². The predicted octanol–water partition coefficient (Wildman–Crippen LogP) is 4.52. The van der Waals surface area contributed by atoms with Gasteiger partial charge in [-0.1, -0.05) is 30.3 Å². The third kappa shape index (κ3) is 5.97. The molecule has 0 bridgehead atoms. The molecule has 1 N–H and O–H groups in total. The Morgan fingerprint density at radius 3 is 2.17 bits per heavy atom. The summed E-state index contributed by atoms with van der Waals surface area (Å²) in [5.41, 5.74) is 2.05. The van der Waals surface area contributed by atoms with E-state index in [0.29, 0.717) is 22.4 Å². The van der Waals surface area contributed by atoms with Crippen molar-refractivity contribution in [1.82, 2.24) is 0 Å². The molecule has 150 valence electrons. The van der Waals surface area contributed by atoms with E-state index in [1.807, 2.05) is 6.07 Å². The zero-order valence-electron chi connectivity index (χ0n) is 15.9. The molecule has 6 heteroatoms. The van der Waals surface area contributed by atoms with Gasteiger partial charge < -0.3 is 10.1 Å². The topological polar surface area (TPSA) is 72.5 Å². The Morgan fingerprint density at radius 1 is 0.833 bits per heavy atom. The Balaban J connectivity index is 1.50. The van der Waals surface area contributed by atoms with Crippen molar-refractivity contribution in [3.8, 4) is 0 Å². The summed E-state index contributed by atoms with van der Waals surface area (Å²) in [6.07, 6.45) is 2.64. The first-order chi connectivity index (χ1) is 14.5. The summed E-state index contributed by atoms with van der Waals surface area (Å²) < 4.78 is 17.8. The summed E-state index contributed by atoms with van der Waals surface area (Å²) in [5, 5.41) is 2.74. The van der Waals surface area contributed by atoms with Gasteiger partial charge in [0.15, 0.2) is 12.4 Å². The fourth-order valence-corrected chi connectivity index (χ4v) is 2.54. The van der Waals surface area contributed by atoms with Crippen molar-refractivity contribution < 1.29 is 23.5 Å². The number of carbonyl (C=O) groups is 3. The molecule has 3 aromatic rings. The summed E-state index contributed by atoms with van der Waals surface area (Å²) in [5.74, 6) is -1.68. The third-order valence-corrected chi connectivity index (χ3v) is 4.13. The fraction of sp³-hybridized carbons (Fsp3) is 0.0417. The molecule has 0 radical (unpaired) electrons. The molecule has 30 heavy (non-hydrogen) atoms. The number of ether oxygens (including phenoxy) is 1. The van der Waals surface area contributed by atoms with E-state index in [4.69, 9.17) is 4.74 Å². The van der Waals surface area contributed by atoms with Crippen molar-refractivity contribution in [2.75, 3.05) is 11.9 Å². The van der Waals surface area contributed by atoms with Gasteiger partial charge in [-0.25, -0.2) is 9.18 Å². The quantitative estimate of drug-likeness (QED) is 0.358. The largest absolute Gasteiger partial charge is 0.454 e. The van der Waals surface area contributed by atoms with E-state index in [-0.39, 0.29) is 17.5 Å². The molecule has 0 spiro atoms. The molecule has 0 aliphatic heterocycles. The number of esters is 1. The van der Waals surface area contributed by atoms with Crippen LogP contribution in [-0.2, 0) is 9.53 Å². The van der Waals surface area contributed by atoms with Crippen LogP contribution in [0.1, 0.15) is 26.3 Å². The lowest BCUT2D eigenvalue weighted by atomic mass is 10.1. The Bertz CT molecular complexity index is 1060. The minimum Gasteiger partial charge on any atom is -0.454 e. The first kappa shape index (κ1) is 20.7. The number of nitrogens with one attached hydrogen (secondary N) is 1. The lowest BCUT2D eigenvalue weighted by molar-refractivity contribution is -0.136. The summed E-state index contributed by atoms with van der Waals surface area (Å²) in [4.78, 5) is 36.1. The van der Waals surface area contributed by atoms with E-state index in [1.165, 1.54) is 36.4 Å². The van der Waals surface area contributed by atoms with Gasteiger partial charge in [0.05, 0.1) is 0 Å². The van der Waals surface area contributed by atoms with Crippen LogP contribution in [0.2, 0.25) is 0 Å². The number of hydrogen-bond donors (Lipinski definition) is 1. The van der Waals surface area contributed by atoms with Gasteiger partial charge in [-0.15, -0.1) is 0 Å². The maximum atomic E-state index is 12.8. The molecule has 0 unspecified atom stereocenters. The van der Waals surface area contributed by atoms with E-state index in [2.05, 4.69) is 5.32 Å². The van der Waals surface area contributed by atoms with Crippen molar-refractivity contribution in [3.05, 3.63) is 107 Å². The van der Waals surface area contributed by atoms with Gasteiger partial charge in [0, 0.05) is 22.9 Å². The Morgan fingerprint density at radius 2 is 1.50 bits per heavy atom. The van der Waals surface area contributed by atoms with E-state index in [9.17, 15) is 18.8 Å². The van der Waals surface area contributed by atoms with Crippen molar-refractivity contribution in [2.45, 2.75) is 0 Å². The van der Waals surface area contributed by atoms with Crippen LogP contribution in [0.4, 0.5) is 10.1 Å². The summed E-state index contributed by atoms with van der Waals surface area (Å²) in [6, 6.07) is 20.6. The molecule has 0 heterocycles. The second kappa shape index (κ2) is 9.93. The molecule has 1 amide bonds. The van der Waals surface area contributed by atoms with Gasteiger partial charge in [-0.3, -0.25) is 9.59 Å². The highest BCUT2D eigenvalue weighted by atomic mass is 19.1. The first-order valence-electron chi connectivity index (χ1n) is 9.11. The number of benzene rings is 3. The lowest BCUT2D eigenvalue weighted by Crippen LogP contribution is -2.13. The van der Waals surface area contributed by atoms with Crippen molar-refractivity contribution in [2.24, 2.45) is 0 Å². The third-order valence-electron chi connectivity index (χ3n) is 4.13. The highest BCUT2D eigenvalue weighted by Gasteiger charge is 2.10. The van der Waals surface area contributed by atoms with Crippen molar-refractivity contribution >= 4 is 29.4 Å². The molecule has 0 aromatic heterocycles. The van der Waals surface area contributed by atoms with Crippen LogP contribution in [0, 0.1) is 5.82 Å². The number of ketones is 1.